The zero-order chi connectivity index (χ0) is 14.8. The maximum atomic E-state index is 12.3. The minimum absolute atomic E-state index is 0.0651. The van der Waals surface area contributed by atoms with Gasteiger partial charge in [-0.05, 0) is 18.1 Å². The topological polar surface area (TPSA) is 70.8 Å². The molecular weight excluding hydrogens is 296 g/mol. The van der Waals surface area contributed by atoms with E-state index in [1.165, 1.54) is 6.07 Å². The number of hydrogen-bond donors (Lipinski definition) is 0. The van der Waals surface area contributed by atoms with Gasteiger partial charge in [-0.25, -0.2) is 13.4 Å². The lowest BCUT2D eigenvalue weighted by Gasteiger charge is -2.09. The second kappa shape index (κ2) is 5.78. The summed E-state index contributed by atoms with van der Waals surface area (Å²) in [5.41, 5.74) is 0.816. The molecule has 1 unspecified atom stereocenters. The van der Waals surface area contributed by atoms with Crippen LogP contribution in [0.25, 0.3) is 10.9 Å². The number of rotatable bonds is 4. The van der Waals surface area contributed by atoms with Crippen LogP contribution < -0.4 is 0 Å². The summed E-state index contributed by atoms with van der Waals surface area (Å²) in [6.45, 7) is 1.76. The van der Waals surface area contributed by atoms with Gasteiger partial charge < -0.3 is 0 Å². The number of para-hydroxylation sites is 1. The molecule has 0 aliphatic heterocycles. The van der Waals surface area contributed by atoms with Crippen molar-refractivity contribution in [3.8, 4) is 6.07 Å². The molecular formula is C14H13ClN2O2S. The van der Waals surface area contributed by atoms with E-state index in [1.807, 2.05) is 6.07 Å². The Kier molecular flexibility index (Phi) is 4.26. The Hall–Kier alpha value is -1.64. The van der Waals surface area contributed by atoms with Crippen LogP contribution in [0.15, 0.2) is 35.4 Å². The molecule has 0 aliphatic carbocycles. The zero-order valence-corrected chi connectivity index (χ0v) is 12.4. The average molecular weight is 309 g/mol. The van der Waals surface area contributed by atoms with Crippen molar-refractivity contribution >= 4 is 32.3 Å². The van der Waals surface area contributed by atoms with Crippen LogP contribution in [0, 0.1) is 17.2 Å². The molecule has 20 heavy (non-hydrogen) atoms. The first-order chi connectivity index (χ1) is 9.47. The average Bonchev–Trinajstić information content (AvgIpc) is 2.45. The molecule has 0 radical (unpaired) electrons. The van der Waals surface area contributed by atoms with Gasteiger partial charge in [0, 0.05) is 11.3 Å². The molecule has 4 nitrogen and oxygen atoms in total. The first-order valence-corrected chi connectivity index (χ1v) is 8.25. The summed E-state index contributed by atoms with van der Waals surface area (Å²) in [6.07, 6.45) is 0. The first kappa shape index (κ1) is 14.8. The normalized spacial score (nSPS) is 13.1. The summed E-state index contributed by atoms with van der Waals surface area (Å²) in [4.78, 5) is 4.16. The Morgan fingerprint density at radius 2 is 2.10 bits per heavy atom. The van der Waals surface area contributed by atoms with Gasteiger partial charge in [0.2, 0.25) is 0 Å². The van der Waals surface area contributed by atoms with E-state index in [0.29, 0.717) is 16.5 Å². The molecule has 2 aromatic rings. The summed E-state index contributed by atoms with van der Waals surface area (Å²) < 4.78 is 24.6. The second-order valence-corrected chi connectivity index (χ2v) is 6.97. The number of aromatic nitrogens is 1. The van der Waals surface area contributed by atoms with Gasteiger partial charge in [0.05, 0.1) is 22.9 Å². The number of fused-ring (bicyclic) bond motifs is 1. The number of benzene rings is 1. The van der Waals surface area contributed by atoms with E-state index in [2.05, 4.69) is 4.98 Å². The van der Waals surface area contributed by atoms with E-state index in [9.17, 15) is 8.42 Å². The molecule has 0 saturated carbocycles. The van der Waals surface area contributed by atoms with Crippen LogP contribution in [0.4, 0.5) is 0 Å². The number of pyridine rings is 1. The number of sulfone groups is 1. The maximum Gasteiger partial charge on any atom is 0.195 e. The van der Waals surface area contributed by atoms with Crippen molar-refractivity contribution in [2.75, 3.05) is 11.6 Å². The number of halogens is 1. The molecule has 1 atom stereocenters. The molecule has 0 N–H and O–H groups in total. The van der Waals surface area contributed by atoms with Crippen LogP contribution in [-0.2, 0) is 9.84 Å². The highest BCUT2D eigenvalue weighted by Crippen LogP contribution is 2.21. The summed E-state index contributed by atoms with van der Waals surface area (Å²) >= 11 is 5.66. The monoisotopic (exact) mass is 308 g/mol. The number of nitriles is 1. The second-order valence-electron chi connectivity index (χ2n) is 4.68. The van der Waals surface area contributed by atoms with Crippen molar-refractivity contribution in [2.45, 2.75) is 11.9 Å². The lowest BCUT2D eigenvalue weighted by Crippen LogP contribution is -2.16. The number of nitrogens with zero attached hydrogens (tertiary/aromatic N) is 2. The fourth-order valence-electron chi connectivity index (χ4n) is 1.91. The minimum atomic E-state index is -3.54. The van der Waals surface area contributed by atoms with Crippen molar-refractivity contribution in [1.82, 2.24) is 4.98 Å². The molecule has 0 spiro atoms. The molecule has 104 valence electrons. The van der Waals surface area contributed by atoms with E-state index in [1.54, 1.807) is 31.2 Å². The van der Waals surface area contributed by atoms with E-state index < -0.39 is 9.84 Å². The van der Waals surface area contributed by atoms with Gasteiger partial charge in [-0.3, -0.25) is 0 Å². The van der Waals surface area contributed by atoms with Crippen LogP contribution in [0.3, 0.4) is 0 Å². The molecule has 6 heteroatoms. The Balaban J connectivity index is 2.59. The van der Waals surface area contributed by atoms with Gasteiger partial charge in [0.1, 0.15) is 0 Å². The predicted octanol–water partition coefficient (Wildman–Crippen LogP) is 2.76. The molecule has 0 bridgehead atoms. The van der Waals surface area contributed by atoms with Gasteiger partial charge in [-0.1, -0.05) is 25.1 Å². The van der Waals surface area contributed by atoms with E-state index in [-0.39, 0.29) is 22.6 Å². The third-order valence-corrected chi connectivity index (χ3v) is 5.28. The highest BCUT2D eigenvalue weighted by atomic mass is 35.5. The Labute approximate surface area is 122 Å². The van der Waals surface area contributed by atoms with Crippen molar-refractivity contribution in [1.29, 1.82) is 5.26 Å². The predicted molar refractivity (Wildman–Crippen MR) is 78.4 cm³/mol. The van der Waals surface area contributed by atoms with Crippen LogP contribution in [0.5, 0.6) is 0 Å². The molecule has 0 aliphatic rings. The molecule has 0 fully saturated rings. The van der Waals surface area contributed by atoms with Crippen LogP contribution in [0.2, 0.25) is 0 Å². The Morgan fingerprint density at radius 3 is 2.75 bits per heavy atom. The maximum absolute atomic E-state index is 12.3. The van der Waals surface area contributed by atoms with E-state index >= 15 is 0 Å². The fourth-order valence-corrected chi connectivity index (χ4v) is 3.72. The summed E-state index contributed by atoms with van der Waals surface area (Å²) in [6, 6.07) is 10.3. The molecule has 0 saturated heterocycles. The third-order valence-electron chi connectivity index (χ3n) is 2.90. The summed E-state index contributed by atoms with van der Waals surface area (Å²) in [5.74, 6) is 0.0189. The van der Waals surface area contributed by atoms with E-state index in [0.717, 1.165) is 0 Å². The van der Waals surface area contributed by atoms with E-state index in [4.69, 9.17) is 16.9 Å². The van der Waals surface area contributed by atoms with Crippen LogP contribution >= 0.6 is 11.6 Å². The molecule has 1 aromatic heterocycles. The van der Waals surface area contributed by atoms with Crippen molar-refractivity contribution in [3.05, 3.63) is 35.9 Å². The smallest absolute Gasteiger partial charge is 0.195 e. The largest absolute Gasteiger partial charge is 0.236 e. The SMILES string of the molecule is CC(CCl)CS(=O)(=O)c1cc(C#N)c2ccccc2n1. The Morgan fingerprint density at radius 1 is 1.40 bits per heavy atom. The van der Waals surface area contributed by atoms with Crippen molar-refractivity contribution in [2.24, 2.45) is 5.92 Å². The molecule has 1 aromatic carbocycles. The summed E-state index contributed by atoms with van der Waals surface area (Å²) in [7, 11) is -3.54. The lowest BCUT2D eigenvalue weighted by atomic mass is 10.1. The molecule has 2 rings (SSSR count). The zero-order valence-electron chi connectivity index (χ0n) is 10.9. The molecule has 1 heterocycles. The number of hydrogen-bond acceptors (Lipinski definition) is 4. The highest BCUT2D eigenvalue weighted by molar-refractivity contribution is 7.91. The Bertz CT molecular complexity index is 781. The molecule has 0 amide bonds. The van der Waals surface area contributed by atoms with Gasteiger partial charge in [0.25, 0.3) is 0 Å². The van der Waals surface area contributed by atoms with Gasteiger partial charge in [0.15, 0.2) is 14.9 Å². The van der Waals surface area contributed by atoms with Crippen molar-refractivity contribution in [3.63, 3.8) is 0 Å². The fraction of sp³-hybridized carbons (Fsp3) is 0.286. The number of alkyl halides is 1. The van der Waals surface area contributed by atoms with Gasteiger partial charge >= 0.3 is 0 Å². The lowest BCUT2D eigenvalue weighted by molar-refractivity contribution is 0.580. The van der Waals surface area contributed by atoms with Crippen molar-refractivity contribution < 1.29 is 8.42 Å². The third kappa shape index (κ3) is 2.92. The standard InChI is InChI=1S/C14H13ClN2O2S/c1-10(7-15)9-20(18,19)14-6-11(8-16)12-4-2-3-5-13(12)17-14/h2-6,10H,7,9H2,1H3. The van der Waals surface area contributed by atoms with Crippen LogP contribution in [-0.4, -0.2) is 25.0 Å². The quantitative estimate of drug-likeness (QED) is 0.814. The van der Waals surface area contributed by atoms with Gasteiger partial charge in [-0.15, -0.1) is 11.6 Å². The van der Waals surface area contributed by atoms with Crippen LogP contribution in [0.1, 0.15) is 12.5 Å². The first-order valence-electron chi connectivity index (χ1n) is 6.06. The van der Waals surface area contributed by atoms with Gasteiger partial charge in [-0.2, -0.15) is 5.26 Å². The highest BCUT2D eigenvalue weighted by Gasteiger charge is 2.21. The summed E-state index contributed by atoms with van der Waals surface area (Å²) in [5, 5.41) is 9.75. The minimum Gasteiger partial charge on any atom is -0.236 e.